The summed E-state index contributed by atoms with van der Waals surface area (Å²) in [5, 5.41) is 8.31. The first-order valence-corrected chi connectivity index (χ1v) is 9.59. The number of halogens is 1. The van der Waals surface area contributed by atoms with Crippen molar-refractivity contribution in [2.75, 3.05) is 13.1 Å². The Hall–Kier alpha value is -2.24. The summed E-state index contributed by atoms with van der Waals surface area (Å²) in [4.78, 5) is 14.8. The third kappa shape index (κ3) is 3.64. The van der Waals surface area contributed by atoms with Crippen LogP contribution in [0.1, 0.15) is 56.8 Å². The molecule has 2 aliphatic rings. The first-order valence-electron chi connectivity index (χ1n) is 9.59. The first-order chi connectivity index (χ1) is 12.7. The molecule has 5 nitrogen and oxygen atoms in total. The monoisotopic (exact) mass is 357 g/mol. The van der Waals surface area contributed by atoms with E-state index < -0.39 is 0 Å². The first kappa shape index (κ1) is 17.2. The van der Waals surface area contributed by atoms with E-state index in [0.717, 1.165) is 32.2 Å². The van der Waals surface area contributed by atoms with Crippen LogP contribution in [0.3, 0.4) is 0 Å². The minimum absolute atomic E-state index is 0.0815. The van der Waals surface area contributed by atoms with Crippen molar-refractivity contribution in [1.29, 1.82) is 0 Å². The summed E-state index contributed by atoms with van der Waals surface area (Å²) in [6.45, 7) is 1.48. The van der Waals surface area contributed by atoms with E-state index in [0.29, 0.717) is 29.8 Å². The van der Waals surface area contributed by atoms with Gasteiger partial charge in [0.25, 0.3) is 0 Å². The van der Waals surface area contributed by atoms with Gasteiger partial charge in [-0.25, -0.2) is 4.39 Å². The molecule has 1 amide bonds. The van der Waals surface area contributed by atoms with E-state index in [1.165, 1.54) is 31.4 Å². The highest BCUT2D eigenvalue weighted by atomic mass is 19.1. The van der Waals surface area contributed by atoms with E-state index in [1.807, 2.05) is 4.90 Å². The fourth-order valence-corrected chi connectivity index (χ4v) is 4.10. The Bertz CT molecular complexity index is 753. The zero-order chi connectivity index (χ0) is 17.9. The Balaban J connectivity index is 1.44. The Labute approximate surface area is 152 Å². The van der Waals surface area contributed by atoms with E-state index in [1.54, 1.807) is 12.1 Å². The van der Waals surface area contributed by atoms with Crippen LogP contribution in [0.25, 0.3) is 11.5 Å². The Morgan fingerprint density at radius 1 is 1.04 bits per heavy atom. The molecule has 1 aliphatic heterocycles. The molecule has 6 heteroatoms. The summed E-state index contributed by atoms with van der Waals surface area (Å²) in [6, 6.07) is 6.02. The molecule has 2 fully saturated rings. The quantitative estimate of drug-likeness (QED) is 0.827. The molecule has 0 N–H and O–H groups in total. The predicted molar refractivity (Wildman–Crippen MR) is 94.8 cm³/mol. The van der Waals surface area contributed by atoms with Gasteiger partial charge in [-0.2, -0.15) is 0 Å². The second-order valence-electron chi connectivity index (χ2n) is 7.41. The highest BCUT2D eigenvalue weighted by molar-refractivity contribution is 5.79. The van der Waals surface area contributed by atoms with Crippen molar-refractivity contribution in [2.45, 2.75) is 50.9 Å². The van der Waals surface area contributed by atoms with Gasteiger partial charge in [0, 0.05) is 24.6 Å². The molecule has 1 saturated carbocycles. The van der Waals surface area contributed by atoms with Gasteiger partial charge in [0.05, 0.1) is 5.92 Å². The Kier molecular flexibility index (Phi) is 5.00. The molecular formula is C20H24FN3O2. The number of nitrogens with zero attached hydrogens (tertiary/aromatic N) is 3. The Morgan fingerprint density at radius 2 is 1.81 bits per heavy atom. The van der Waals surface area contributed by atoms with Gasteiger partial charge in [-0.05, 0) is 49.9 Å². The van der Waals surface area contributed by atoms with Crippen LogP contribution in [-0.2, 0) is 4.79 Å². The van der Waals surface area contributed by atoms with Crippen LogP contribution in [0, 0.1) is 11.7 Å². The molecule has 2 heterocycles. The number of hydrogen-bond acceptors (Lipinski definition) is 4. The van der Waals surface area contributed by atoms with Crippen LogP contribution in [0.15, 0.2) is 28.7 Å². The van der Waals surface area contributed by atoms with E-state index in [9.17, 15) is 9.18 Å². The predicted octanol–water partition coefficient (Wildman–Crippen LogP) is 4.16. The topological polar surface area (TPSA) is 59.2 Å². The lowest BCUT2D eigenvalue weighted by Gasteiger charge is -2.34. The van der Waals surface area contributed by atoms with E-state index in [2.05, 4.69) is 10.2 Å². The molecule has 0 bridgehead atoms. The van der Waals surface area contributed by atoms with Gasteiger partial charge in [0.2, 0.25) is 17.7 Å². The third-order valence-corrected chi connectivity index (χ3v) is 5.57. The maximum atomic E-state index is 13.1. The van der Waals surface area contributed by atoms with Gasteiger partial charge in [-0.3, -0.25) is 4.79 Å². The molecule has 138 valence electrons. The smallest absolute Gasteiger partial charge is 0.247 e. The minimum atomic E-state index is -0.294. The SMILES string of the molecule is O=C(C1CCCCC1)N1CCCC(c2nnc(-c3ccc(F)cc3)o2)C1. The number of likely N-dealkylation sites (tertiary alicyclic amines) is 1. The summed E-state index contributed by atoms with van der Waals surface area (Å²) < 4.78 is 18.9. The normalized spacial score (nSPS) is 21.7. The van der Waals surface area contributed by atoms with Crippen LogP contribution in [-0.4, -0.2) is 34.1 Å². The van der Waals surface area contributed by atoms with Gasteiger partial charge >= 0.3 is 0 Å². The van der Waals surface area contributed by atoms with Crippen molar-refractivity contribution in [3.63, 3.8) is 0 Å². The summed E-state index contributed by atoms with van der Waals surface area (Å²) in [6.07, 6.45) is 7.53. The third-order valence-electron chi connectivity index (χ3n) is 5.57. The van der Waals surface area contributed by atoms with Gasteiger partial charge < -0.3 is 9.32 Å². The second-order valence-corrected chi connectivity index (χ2v) is 7.41. The Morgan fingerprint density at radius 3 is 2.58 bits per heavy atom. The van der Waals surface area contributed by atoms with Crippen LogP contribution >= 0.6 is 0 Å². The van der Waals surface area contributed by atoms with E-state index >= 15 is 0 Å². The molecular weight excluding hydrogens is 333 g/mol. The largest absolute Gasteiger partial charge is 0.420 e. The molecule has 1 aromatic carbocycles. The number of rotatable bonds is 3. The second kappa shape index (κ2) is 7.56. The fourth-order valence-electron chi connectivity index (χ4n) is 4.10. The van der Waals surface area contributed by atoms with Gasteiger partial charge in [0.15, 0.2) is 0 Å². The molecule has 4 rings (SSSR count). The van der Waals surface area contributed by atoms with Crippen molar-refractivity contribution in [1.82, 2.24) is 15.1 Å². The van der Waals surface area contributed by atoms with Crippen molar-refractivity contribution < 1.29 is 13.6 Å². The van der Waals surface area contributed by atoms with E-state index in [4.69, 9.17) is 4.42 Å². The average Bonchev–Trinajstić information content (AvgIpc) is 3.19. The zero-order valence-corrected chi connectivity index (χ0v) is 14.9. The number of aromatic nitrogens is 2. The maximum Gasteiger partial charge on any atom is 0.247 e. The molecule has 1 unspecified atom stereocenters. The van der Waals surface area contributed by atoms with Crippen LogP contribution < -0.4 is 0 Å². The molecule has 2 aromatic rings. The number of carbonyl (C=O) groups excluding carboxylic acids is 1. The van der Waals surface area contributed by atoms with Crippen molar-refractivity contribution in [3.05, 3.63) is 36.0 Å². The maximum absolute atomic E-state index is 13.1. The van der Waals surface area contributed by atoms with Crippen molar-refractivity contribution >= 4 is 5.91 Å². The number of amides is 1. The van der Waals surface area contributed by atoms with Crippen molar-refractivity contribution in [3.8, 4) is 11.5 Å². The number of piperidine rings is 1. The lowest BCUT2D eigenvalue weighted by Crippen LogP contribution is -2.42. The van der Waals surface area contributed by atoms with Gasteiger partial charge in [0.1, 0.15) is 5.82 Å². The number of hydrogen-bond donors (Lipinski definition) is 0. The molecule has 0 radical (unpaired) electrons. The molecule has 0 spiro atoms. The highest BCUT2D eigenvalue weighted by Gasteiger charge is 2.32. The van der Waals surface area contributed by atoms with Crippen LogP contribution in [0.4, 0.5) is 4.39 Å². The molecule has 1 aliphatic carbocycles. The fraction of sp³-hybridized carbons (Fsp3) is 0.550. The van der Waals surface area contributed by atoms with Gasteiger partial charge in [-0.15, -0.1) is 10.2 Å². The average molecular weight is 357 g/mol. The van der Waals surface area contributed by atoms with Crippen LogP contribution in [0.5, 0.6) is 0 Å². The lowest BCUT2D eigenvalue weighted by molar-refractivity contribution is -0.137. The van der Waals surface area contributed by atoms with Crippen LogP contribution in [0.2, 0.25) is 0 Å². The minimum Gasteiger partial charge on any atom is -0.420 e. The van der Waals surface area contributed by atoms with Gasteiger partial charge in [-0.1, -0.05) is 19.3 Å². The molecule has 26 heavy (non-hydrogen) atoms. The summed E-state index contributed by atoms with van der Waals surface area (Å²) in [7, 11) is 0. The molecule has 1 atom stereocenters. The van der Waals surface area contributed by atoms with Crippen molar-refractivity contribution in [2.24, 2.45) is 5.92 Å². The summed E-state index contributed by atoms with van der Waals surface area (Å²) in [5.74, 6) is 1.25. The zero-order valence-electron chi connectivity index (χ0n) is 14.9. The lowest BCUT2D eigenvalue weighted by atomic mass is 9.87. The molecule has 1 saturated heterocycles. The summed E-state index contributed by atoms with van der Waals surface area (Å²) in [5.41, 5.74) is 0.705. The number of benzene rings is 1. The van der Waals surface area contributed by atoms with E-state index in [-0.39, 0.29) is 17.7 Å². The summed E-state index contributed by atoms with van der Waals surface area (Å²) >= 11 is 0. The number of carbonyl (C=O) groups is 1. The standard InChI is InChI=1S/C20H24FN3O2/c21-17-10-8-14(9-11-17)18-22-23-19(26-18)16-7-4-12-24(13-16)20(25)15-5-2-1-3-6-15/h8-11,15-16H,1-7,12-13H2. The molecule has 1 aromatic heterocycles. The highest BCUT2D eigenvalue weighted by Crippen LogP contribution is 2.31.